The van der Waals surface area contributed by atoms with E-state index in [-0.39, 0.29) is 5.78 Å². The van der Waals surface area contributed by atoms with Crippen LogP contribution < -0.4 is 5.32 Å². The number of hydrogen-bond donors (Lipinski definition) is 1. The van der Waals surface area contributed by atoms with Gasteiger partial charge in [-0.1, -0.05) is 5.21 Å². The molecule has 0 aliphatic rings. The molecule has 0 saturated carbocycles. The van der Waals surface area contributed by atoms with Crippen molar-refractivity contribution < 1.29 is 4.79 Å². The van der Waals surface area contributed by atoms with Crippen molar-refractivity contribution in [2.24, 2.45) is 7.05 Å². The van der Waals surface area contributed by atoms with E-state index >= 15 is 0 Å². The molecule has 0 unspecified atom stereocenters. The van der Waals surface area contributed by atoms with Crippen LogP contribution in [0.25, 0.3) is 0 Å². The number of carbonyl (C=O) groups is 1. The molecule has 0 radical (unpaired) electrons. The number of rotatable bonds is 6. The Kier molecular flexibility index (Phi) is 4.25. The van der Waals surface area contributed by atoms with Crippen molar-refractivity contribution in [2.75, 3.05) is 13.6 Å². The lowest BCUT2D eigenvalue weighted by Gasteiger charge is -1.97. The van der Waals surface area contributed by atoms with Gasteiger partial charge in [-0.15, -0.1) is 5.10 Å². The molecule has 5 nitrogen and oxygen atoms in total. The Morgan fingerprint density at radius 1 is 1.64 bits per heavy atom. The van der Waals surface area contributed by atoms with E-state index in [0.29, 0.717) is 12.8 Å². The van der Waals surface area contributed by atoms with Crippen LogP contribution in [-0.2, 0) is 18.3 Å². The van der Waals surface area contributed by atoms with E-state index in [1.165, 1.54) is 0 Å². The average molecular weight is 196 g/mol. The van der Waals surface area contributed by atoms with Crippen LogP contribution in [0.3, 0.4) is 0 Å². The SMILES string of the molecule is CNCCCC(=O)Cc1cn(C)nn1. The maximum absolute atomic E-state index is 11.4. The summed E-state index contributed by atoms with van der Waals surface area (Å²) < 4.78 is 1.61. The Balaban J connectivity index is 2.27. The summed E-state index contributed by atoms with van der Waals surface area (Å²) in [6.45, 7) is 0.881. The second-order valence-corrected chi connectivity index (χ2v) is 3.31. The zero-order valence-electron chi connectivity index (χ0n) is 8.66. The van der Waals surface area contributed by atoms with Gasteiger partial charge in [0.2, 0.25) is 0 Å². The van der Waals surface area contributed by atoms with Gasteiger partial charge in [-0.05, 0) is 20.0 Å². The number of aromatic nitrogens is 3. The molecule has 0 atom stereocenters. The number of nitrogens with zero attached hydrogens (tertiary/aromatic N) is 3. The van der Waals surface area contributed by atoms with Gasteiger partial charge in [-0.25, -0.2) is 0 Å². The summed E-state index contributed by atoms with van der Waals surface area (Å²) in [4.78, 5) is 11.4. The Bertz CT molecular complexity index is 295. The number of carbonyl (C=O) groups excluding carboxylic acids is 1. The first-order chi connectivity index (χ1) is 6.72. The minimum absolute atomic E-state index is 0.223. The van der Waals surface area contributed by atoms with Crippen LogP contribution >= 0.6 is 0 Å². The zero-order chi connectivity index (χ0) is 10.4. The molecule has 1 N–H and O–H groups in total. The minimum Gasteiger partial charge on any atom is -0.320 e. The molecular weight excluding hydrogens is 180 g/mol. The van der Waals surface area contributed by atoms with E-state index < -0.39 is 0 Å². The van der Waals surface area contributed by atoms with Gasteiger partial charge in [0, 0.05) is 19.7 Å². The first-order valence-electron chi connectivity index (χ1n) is 4.74. The van der Waals surface area contributed by atoms with Gasteiger partial charge in [0.1, 0.15) is 5.78 Å². The van der Waals surface area contributed by atoms with Gasteiger partial charge >= 0.3 is 0 Å². The summed E-state index contributed by atoms with van der Waals surface area (Å²) >= 11 is 0. The molecule has 0 fully saturated rings. The maximum atomic E-state index is 11.4. The fourth-order valence-corrected chi connectivity index (χ4v) is 1.23. The van der Waals surface area contributed by atoms with Crippen LogP contribution in [-0.4, -0.2) is 34.4 Å². The standard InChI is InChI=1S/C9H16N4O/c1-10-5-3-4-9(14)6-8-7-13(2)12-11-8/h7,10H,3-6H2,1-2H3. The van der Waals surface area contributed by atoms with Crippen LogP contribution in [0.1, 0.15) is 18.5 Å². The van der Waals surface area contributed by atoms with Gasteiger partial charge < -0.3 is 5.32 Å². The number of aryl methyl sites for hydroxylation is 1. The molecule has 78 valence electrons. The lowest BCUT2D eigenvalue weighted by molar-refractivity contribution is -0.118. The van der Waals surface area contributed by atoms with Crippen LogP contribution in [0.15, 0.2) is 6.20 Å². The van der Waals surface area contributed by atoms with Crippen molar-refractivity contribution in [1.29, 1.82) is 0 Å². The molecule has 1 aromatic heterocycles. The summed E-state index contributed by atoms with van der Waals surface area (Å²) in [5.41, 5.74) is 0.752. The Labute approximate surface area is 83.5 Å². The van der Waals surface area contributed by atoms with Crippen molar-refractivity contribution in [3.8, 4) is 0 Å². The predicted molar refractivity (Wildman–Crippen MR) is 52.9 cm³/mol. The molecule has 1 heterocycles. The number of ketones is 1. The molecule has 0 amide bonds. The topological polar surface area (TPSA) is 59.8 Å². The smallest absolute Gasteiger partial charge is 0.139 e. The van der Waals surface area contributed by atoms with Gasteiger partial charge in [-0.3, -0.25) is 9.48 Å². The molecule has 0 saturated heterocycles. The highest BCUT2D eigenvalue weighted by molar-refractivity contribution is 5.80. The third kappa shape index (κ3) is 3.66. The highest BCUT2D eigenvalue weighted by Crippen LogP contribution is 1.98. The van der Waals surface area contributed by atoms with E-state index in [1.54, 1.807) is 17.9 Å². The van der Waals surface area contributed by atoms with E-state index in [0.717, 1.165) is 18.7 Å². The second kappa shape index (κ2) is 5.49. The molecule has 5 heteroatoms. The van der Waals surface area contributed by atoms with E-state index in [4.69, 9.17) is 0 Å². The lowest BCUT2D eigenvalue weighted by atomic mass is 10.1. The monoisotopic (exact) mass is 196 g/mol. The van der Waals surface area contributed by atoms with E-state index in [9.17, 15) is 4.79 Å². The molecule has 0 aliphatic heterocycles. The molecule has 0 aromatic carbocycles. The van der Waals surface area contributed by atoms with Crippen molar-refractivity contribution in [1.82, 2.24) is 20.3 Å². The molecule has 1 aromatic rings. The Morgan fingerprint density at radius 3 is 3.00 bits per heavy atom. The number of Topliss-reactive ketones (excluding diaryl/α,β-unsaturated/α-hetero) is 1. The van der Waals surface area contributed by atoms with Crippen LogP contribution in [0, 0.1) is 0 Å². The van der Waals surface area contributed by atoms with Gasteiger partial charge in [0.25, 0.3) is 0 Å². The van der Waals surface area contributed by atoms with Gasteiger partial charge in [0.15, 0.2) is 0 Å². The normalized spacial score (nSPS) is 10.4. The van der Waals surface area contributed by atoms with Gasteiger partial charge in [-0.2, -0.15) is 0 Å². The third-order valence-electron chi connectivity index (χ3n) is 1.91. The zero-order valence-corrected chi connectivity index (χ0v) is 8.66. The third-order valence-corrected chi connectivity index (χ3v) is 1.91. The Morgan fingerprint density at radius 2 is 2.43 bits per heavy atom. The second-order valence-electron chi connectivity index (χ2n) is 3.31. The lowest BCUT2D eigenvalue weighted by Crippen LogP contribution is -2.11. The summed E-state index contributed by atoms with van der Waals surface area (Å²) in [6, 6.07) is 0. The average Bonchev–Trinajstić information content (AvgIpc) is 2.52. The van der Waals surface area contributed by atoms with E-state index in [1.807, 2.05) is 7.05 Å². The molecule has 14 heavy (non-hydrogen) atoms. The minimum atomic E-state index is 0.223. The number of nitrogens with one attached hydrogen (secondary N) is 1. The predicted octanol–water partition coefficient (Wildman–Crippen LogP) is -0.0737. The van der Waals surface area contributed by atoms with Crippen molar-refractivity contribution in [3.05, 3.63) is 11.9 Å². The highest BCUT2D eigenvalue weighted by Gasteiger charge is 2.05. The van der Waals surface area contributed by atoms with Crippen LogP contribution in [0.4, 0.5) is 0 Å². The quantitative estimate of drug-likeness (QED) is 0.647. The first-order valence-corrected chi connectivity index (χ1v) is 4.74. The largest absolute Gasteiger partial charge is 0.320 e. The summed E-state index contributed by atoms with van der Waals surface area (Å²) in [7, 11) is 3.68. The van der Waals surface area contributed by atoms with Gasteiger partial charge in [0.05, 0.1) is 12.1 Å². The molecule has 0 aliphatic carbocycles. The fraction of sp³-hybridized carbons (Fsp3) is 0.667. The summed E-state index contributed by atoms with van der Waals surface area (Å²) in [5.74, 6) is 0.223. The summed E-state index contributed by atoms with van der Waals surface area (Å²) in [6.07, 6.45) is 3.67. The molecular formula is C9H16N4O. The molecule has 0 bridgehead atoms. The maximum Gasteiger partial charge on any atom is 0.139 e. The van der Waals surface area contributed by atoms with Crippen molar-refractivity contribution in [2.45, 2.75) is 19.3 Å². The highest BCUT2D eigenvalue weighted by atomic mass is 16.1. The van der Waals surface area contributed by atoms with Crippen LogP contribution in [0.5, 0.6) is 0 Å². The van der Waals surface area contributed by atoms with Crippen molar-refractivity contribution in [3.63, 3.8) is 0 Å². The summed E-state index contributed by atoms with van der Waals surface area (Å²) in [5, 5.41) is 10.6. The fourth-order valence-electron chi connectivity index (χ4n) is 1.23. The Hall–Kier alpha value is -1.23. The van der Waals surface area contributed by atoms with Crippen LogP contribution in [0.2, 0.25) is 0 Å². The first kappa shape index (κ1) is 10.8. The van der Waals surface area contributed by atoms with E-state index in [2.05, 4.69) is 15.6 Å². The molecule has 0 spiro atoms. The molecule has 1 rings (SSSR count). The number of hydrogen-bond acceptors (Lipinski definition) is 4. The van der Waals surface area contributed by atoms with Crippen molar-refractivity contribution >= 4 is 5.78 Å².